The molecule has 0 radical (unpaired) electrons. The molecule has 0 spiro atoms. The van der Waals surface area contributed by atoms with Crippen molar-refractivity contribution in [3.05, 3.63) is 53.9 Å². The van der Waals surface area contributed by atoms with Crippen molar-refractivity contribution in [2.75, 3.05) is 50.7 Å². The molecule has 2 aromatic rings. The average molecular weight is 408 g/mol. The Bertz CT molecular complexity index is 807. The summed E-state index contributed by atoms with van der Waals surface area (Å²) >= 11 is 0. The van der Waals surface area contributed by atoms with Gasteiger partial charge in [0.1, 0.15) is 0 Å². The van der Waals surface area contributed by atoms with E-state index in [1.165, 1.54) is 31.5 Å². The van der Waals surface area contributed by atoms with Crippen LogP contribution in [0.5, 0.6) is 0 Å². The van der Waals surface area contributed by atoms with Crippen molar-refractivity contribution in [3.63, 3.8) is 0 Å². The van der Waals surface area contributed by atoms with Gasteiger partial charge < -0.3 is 10.0 Å². The molecule has 0 bridgehead atoms. The van der Waals surface area contributed by atoms with Crippen LogP contribution in [0.25, 0.3) is 0 Å². The van der Waals surface area contributed by atoms with Crippen molar-refractivity contribution in [1.82, 2.24) is 19.8 Å². The molecule has 160 valence electrons. The summed E-state index contributed by atoms with van der Waals surface area (Å²) in [4.78, 5) is 16.0. The van der Waals surface area contributed by atoms with Crippen LogP contribution in [0, 0.1) is 5.92 Å². The maximum Gasteiger partial charge on any atom is 0.225 e. The van der Waals surface area contributed by atoms with Crippen LogP contribution in [0.1, 0.15) is 36.8 Å². The van der Waals surface area contributed by atoms with E-state index in [4.69, 9.17) is 0 Å². The predicted molar refractivity (Wildman–Crippen MR) is 118 cm³/mol. The van der Waals surface area contributed by atoms with E-state index < -0.39 is 5.60 Å². The first-order chi connectivity index (χ1) is 14.7. The molecule has 3 fully saturated rings. The van der Waals surface area contributed by atoms with Crippen LogP contribution in [-0.2, 0) is 12.1 Å². The summed E-state index contributed by atoms with van der Waals surface area (Å²) in [7, 11) is 0. The highest BCUT2D eigenvalue weighted by Gasteiger charge is 2.44. The fourth-order valence-electron chi connectivity index (χ4n) is 5.33. The van der Waals surface area contributed by atoms with E-state index in [9.17, 15) is 5.11 Å². The lowest BCUT2D eigenvalue weighted by molar-refractivity contribution is -0.0878. The predicted octanol–water partition coefficient (Wildman–Crippen LogP) is 2.49. The molecule has 6 nitrogen and oxygen atoms in total. The Labute approximate surface area is 179 Å². The van der Waals surface area contributed by atoms with E-state index in [0.717, 1.165) is 63.6 Å². The highest BCUT2D eigenvalue weighted by atomic mass is 16.3. The number of hydrogen-bond acceptors (Lipinski definition) is 6. The zero-order chi connectivity index (χ0) is 20.4. The maximum absolute atomic E-state index is 11.1. The monoisotopic (exact) mass is 407 g/mol. The topological polar surface area (TPSA) is 55.7 Å². The van der Waals surface area contributed by atoms with Crippen molar-refractivity contribution >= 4 is 5.95 Å². The molecule has 30 heavy (non-hydrogen) atoms. The lowest BCUT2D eigenvalue weighted by Gasteiger charge is -2.47. The van der Waals surface area contributed by atoms with Crippen LogP contribution in [-0.4, -0.2) is 70.7 Å². The number of piperazine rings is 1. The third-order valence-corrected chi connectivity index (χ3v) is 7.07. The molecule has 3 heterocycles. The summed E-state index contributed by atoms with van der Waals surface area (Å²) in [6.45, 7) is 8.59. The first kappa shape index (κ1) is 19.9. The number of likely N-dealkylation sites (tertiary alicyclic amines) is 1. The Kier molecular flexibility index (Phi) is 5.72. The molecular formula is C24H33N5O. The second kappa shape index (κ2) is 8.61. The van der Waals surface area contributed by atoms with Crippen LogP contribution < -0.4 is 4.90 Å². The van der Waals surface area contributed by atoms with Gasteiger partial charge >= 0.3 is 0 Å². The number of nitrogens with zero attached hydrogens (tertiary/aromatic N) is 5. The van der Waals surface area contributed by atoms with Gasteiger partial charge in [0.2, 0.25) is 5.95 Å². The van der Waals surface area contributed by atoms with E-state index in [0.29, 0.717) is 5.92 Å². The van der Waals surface area contributed by atoms with Gasteiger partial charge in [0.25, 0.3) is 0 Å². The third kappa shape index (κ3) is 4.36. The number of benzene rings is 1. The molecule has 2 saturated heterocycles. The summed E-state index contributed by atoms with van der Waals surface area (Å²) in [5.74, 6) is 1.42. The highest BCUT2D eigenvalue weighted by Crippen LogP contribution is 2.46. The Hall–Kier alpha value is -2.02. The molecule has 0 atom stereocenters. The second-order valence-electron chi connectivity index (χ2n) is 9.32. The van der Waals surface area contributed by atoms with Gasteiger partial charge in [-0.25, -0.2) is 9.97 Å². The first-order valence-electron chi connectivity index (χ1n) is 11.5. The van der Waals surface area contributed by atoms with Crippen molar-refractivity contribution in [3.8, 4) is 0 Å². The number of hydrogen-bond donors (Lipinski definition) is 1. The molecule has 1 aromatic heterocycles. The molecule has 5 rings (SSSR count). The number of aromatic nitrogens is 2. The van der Waals surface area contributed by atoms with Gasteiger partial charge in [-0.05, 0) is 61.9 Å². The Morgan fingerprint density at radius 3 is 2.20 bits per heavy atom. The molecule has 0 amide bonds. The average Bonchev–Trinajstić information content (AvgIpc) is 3.27. The first-order valence-corrected chi connectivity index (χ1v) is 11.5. The van der Waals surface area contributed by atoms with Crippen molar-refractivity contribution < 1.29 is 5.11 Å². The molecule has 0 unspecified atom stereocenters. The van der Waals surface area contributed by atoms with Crippen LogP contribution in [0.4, 0.5) is 5.95 Å². The number of anilines is 1. The maximum atomic E-state index is 11.1. The second-order valence-corrected chi connectivity index (χ2v) is 9.32. The molecular weight excluding hydrogens is 374 g/mol. The zero-order valence-electron chi connectivity index (χ0n) is 17.8. The molecule has 1 saturated carbocycles. The summed E-state index contributed by atoms with van der Waals surface area (Å²) in [5, 5.41) is 11.1. The van der Waals surface area contributed by atoms with Crippen LogP contribution in [0.3, 0.4) is 0 Å². The molecule has 1 N–H and O–H groups in total. The summed E-state index contributed by atoms with van der Waals surface area (Å²) < 4.78 is 0. The third-order valence-electron chi connectivity index (χ3n) is 7.07. The fraction of sp³-hybridized carbons (Fsp3) is 0.583. The van der Waals surface area contributed by atoms with Gasteiger partial charge in [0, 0.05) is 51.7 Å². The minimum atomic E-state index is -0.628. The van der Waals surface area contributed by atoms with Gasteiger partial charge in [-0.2, -0.15) is 0 Å². The summed E-state index contributed by atoms with van der Waals surface area (Å²) in [6.07, 6.45) is 8.02. The van der Waals surface area contributed by atoms with E-state index in [1.807, 2.05) is 18.5 Å². The summed E-state index contributed by atoms with van der Waals surface area (Å²) in [5.41, 5.74) is 1.83. The van der Waals surface area contributed by atoms with E-state index in [1.54, 1.807) is 0 Å². The van der Waals surface area contributed by atoms with Crippen LogP contribution in [0.2, 0.25) is 0 Å². The Morgan fingerprint density at radius 1 is 0.867 bits per heavy atom. The van der Waals surface area contributed by atoms with E-state index >= 15 is 0 Å². The van der Waals surface area contributed by atoms with Gasteiger partial charge in [-0.3, -0.25) is 9.80 Å². The molecule has 1 aromatic carbocycles. The minimum Gasteiger partial charge on any atom is -0.385 e. The van der Waals surface area contributed by atoms with E-state index in [-0.39, 0.29) is 0 Å². The lowest BCUT2D eigenvalue weighted by atomic mass is 9.67. The van der Waals surface area contributed by atoms with Crippen molar-refractivity contribution in [2.45, 2.75) is 37.8 Å². The molecule has 3 aliphatic rings. The van der Waals surface area contributed by atoms with Gasteiger partial charge in [0.05, 0.1) is 5.60 Å². The smallest absolute Gasteiger partial charge is 0.225 e. The largest absolute Gasteiger partial charge is 0.385 e. The number of rotatable bonds is 6. The fourth-order valence-corrected chi connectivity index (χ4v) is 5.33. The van der Waals surface area contributed by atoms with Gasteiger partial charge in [0.15, 0.2) is 0 Å². The Morgan fingerprint density at radius 2 is 1.53 bits per heavy atom. The van der Waals surface area contributed by atoms with Crippen molar-refractivity contribution in [2.24, 2.45) is 5.92 Å². The number of aliphatic hydroxyl groups is 1. The van der Waals surface area contributed by atoms with Gasteiger partial charge in [-0.15, -0.1) is 0 Å². The zero-order valence-corrected chi connectivity index (χ0v) is 17.8. The quantitative estimate of drug-likeness (QED) is 0.794. The summed E-state index contributed by atoms with van der Waals surface area (Å²) in [6, 6.07) is 10.6. The normalized spacial score (nSPS) is 27.9. The Balaban J connectivity index is 1.08. The molecule has 6 heteroatoms. The standard InChI is InChI=1S/C24H33N5O/c30-24(22-6-4-20(5-7-22)18-27-10-1-2-11-27)16-21(17-24)19-28-12-14-29(15-13-28)23-25-8-3-9-26-23/h3-9,21,30H,1-2,10-19H2. The van der Waals surface area contributed by atoms with E-state index in [2.05, 4.69) is 48.9 Å². The highest BCUT2D eigenvalue weighted by molar-refractivity contribution is 5.30. The van der Waals surface area contributed by atoms with Crippen molar-refractivity contribution in [1.29, 1.82) is 0 Å². The SMILES string of the molecule is OC1(c2ccc(CN3CCCC3)cc2)CC(CN2CCN(c3ncccn3)CC2)C1. The van der Waals surface area contributed by atoms with Gasteiger partial charge in [-0.1, -0.05) is 24.3 Å². The van der Waals surface area contributed by atoms with Crippen LogP contribution in [0.15, 0.2) is 42.7 Å². The minimum absolute atomic E-state index is 0.582. The molecule has 2 aliphatic heterocycles. The molecule has 1 aliphatic carbocycles. The lowest BCUT2D eigenvalue weighted by Crippen LogP contribution is -2.52. The van der Waals surface area contributed by atoms with Crippen LogP contribution >= 0.6 is 0 Å².